The number of hydrogen-bond donors (Lipinski definition) is 0. The van der Waals surface area contributed by atoms with Crippen molar-refractivity contribution in [3.05, 3.63) is 39.5 Å². The monoisotopic (exact) mass is 329 g/mol. The van der Waals surface area contributed by atoms with Crippen molar-refractivity contribution in [2.24, 2.45) is 5.92 Å². The first-order valence-electron chi connectivity index (χ1n) is 7.68. The number of aromatic nitrogens is 1. The summed E-state index contributed by atoms with van der Waals surface area (Å²) in [5, 5.41) is 9.96. The number of hydrogen-bond acceptors (Lipinski definition) is 3. The Kier molecular flexibility index (Phi) is 4.96. The number of thiophene rings is 1. The Morgan fingerprint density at radius 3 is 2.39 bits per heavy atom. The van der Waals surface area contributed by atoms with Gasteiger partial charge in [0.2, 0.25) is 0 Å². The molecule has 2 rings (SSSR count). The van der Waals surface area contributed by atoms with Crippen LogP contribution in [0.1, 0.15) is 39.1 Å². The van der Waals surface area contributed by atoms with E-state index in [-0.39, 0.29) is 11.8 Å². The molecule has 0 saturated heterocycles. The minimum atomic E-state index is -0.178. The van der Waals surface area contributed by atoms with Crippen molar-refractivity contribution in [1.29, 1.82) is 5.26 Å². The van der Waals surface area contributed by atoms with Crippen molar-refractivity contribution in [3.63, 3.8) is 0 Å². The molecule has 0 aromatic carbocycles. The van der Waals surface area contributed by atoms with Crippen LogP contribution in [0.5, 0.6) is 0 Å². The number of nitriles is 1. The maximum absolute atomic E-state index is 13.0. The molecule has 0 fully saturated rings. The van der Waals surface area contributed by atoms with E-state index in [1.807, 2.05) is 34.6 Å². The van der Waals surface area contributed by atoms with E-state index < -0.39 is 0 Å². The molecule has 2 aromatic heterocycles. The number of aryl methyl sites for hydroxylation is 3. The third kappa shape index (κ3) is 3.18. The van der Waals surface area contributed by atoms with E-state index in [1.165, 1.54) is 0 Å². The van der Waals surface area contributed by atoms with Crippen molar-refractivity contribution in [2.45, 2.75) is 34.6 Å². The van der Waals surface area contributed by atoms with Gasteiger partial charge in [0.1, 0.15) is 5.00 Å². The number of amides is 1. The van der Waals surface area contributed by atoms with Gasteiger partial charge in [-0.1, -0.05) is 0 Å². The van der Waals surface area contributed by atoms with Gasteiger partial charge in [-0.3, -0.25) is 4.79 Å². The Morgan fingerprint density at radius 1 is 1.30 bits per heavy atom. The van der Waals surface area contributed by atoms with Crippen LogP contribution in [0.25, 0.3) is 5.00 Å². The maximum atomic E-state index is 13.0. The highest BCUT2D eigenvalue weighted by Crippen LogP contribution is 2.33. The minimum absolute atomic E-state index is 0.0172. The Bertz CT molecular complexity index is 760. The highest BCUT2D eigenvalue weighted by atomic mass is 32.1. The number of carbonyl (C=O) groups is 1. The van der Waals surface area contributed by atoms with Crippen LogP contribution < -0.4 is 0 Å². The predicted molar refractivity (Wildman–Crippen MR) is 94.3 cm³/mol. The zero-order chi connectivity index (χ0) is 17.3. The quantitative estimate of drug-likeness (QED) is 0.851. The van der Waals surface area contributed by atoms with Gasteiger partial charge in [0.15, 0.2) is 0 Å². The summed E-state index contributed by atoms with van der Waals surface area (Å²) < 4.78 is 2.14. The molecule has 23 heavy (non-hydrogen) atoms. The summed E-state index contributed by atoms with van der Waals surface area (Å²) in [4.78, 5) is 15.8. The van der Waals surface area contributed by atoms with Crippen LogP contribution in [0.2, 0.25) is 0 Å². The first-order valence-corrected chi connectivity index (χ1v) is 8.50. The van der Waals surface area contributed by atoms with Gasteiger partial charge in [-0.25, -0.2) is 0 Å². The molecule has 2 aromatic rings. The third-order valence-corrected chi connectivity index (χ3v) is 5.36. The van der Waals surface area contributed by atoms with E-state index in [2.05, 4.69) is 22.8 Å². The van der Waals surface area contributed by atoms with Gasteiger partial charge in [0.25, 0.3) is 5.91 Å². The molecule has 0 spiro atoms. The van der Waals surface area contributed by atoms with E-state index in [0.717, 1.165) is 32.4 Å². The van der Waals surface area contributed by atoms with Crippen LogP contribution in [0, 0.1) is 44.9 Å². The lowest BCUT2D eigenvalue weighted by Crippen LogP contribution is -2.31. The molecule has 4 nitrogen and oxygen atoms in total. The normalized spacial score (nSPS) is 12.0. The van der Waals surface area contributed by atoms with Gasteiger partial charge >= 0.3 is 0 Å². The van der Waals surface area contributed by atoms with Crippen molar-refractivity contribution in [1.82, 2.24) is 9.47 Å². The van der Waals surface area contributed by atoms with Gasteiger partial charge in [-0.2, -0.15) is 5.26 Å². The fraction of sp³-hybridized carbons (Fsp3) is 0.444. The summed E-state index contributed by atoms with van der Waals surface area (Å²) in [7, 11) is 1.77. The van der Waals surface area contributed by atoms with Gasteiger partial charge in [-0.15, -0.1) is 11.3 Å². The lowest BCUT2D eigenvalue weighted by atomic mass is 10.1. The molecule has 0 saturated carbocycles. The Labute approximate surface area is 142 Å². The molecule has 1 atom stereocenters. The van der Waals surface area contributed by atoms with Crippen LogP contribution in [0.3, 0.4) is 0 Å². The first-order chi connectivity index (χ1) is 10.8. The largest absolute Gasteiger partial charge is 0.340 e. The van der Waals surface area contributed by atoms with Gasteiger partial charge in [0, 0.05) is 29.9 Å². The Morgan fingerprint density at radius 2 is 1.87 bits per heavy atom. The number of carbonyl (C=O) groups excluding carboxylic acids is 1. The van der Waals surface area contributed by atoms with E-state index in [1.54, 1.807) is 23.3 Å². The third-order valence-electron chi connectivity index (χ3n) is 4.17. The molecule has 0 aliphatic carbocycles. The van der Waals surface area contributed by atoms with Crippen LogP contribution in [0.4, 0.5) is 0 Å². The molecule has 0 bridgehead atoms. The fourth-order valence-corrected chi connectivity index (χ4v) is 4.00. The summed E-state index contributed by atoms with van der Waals surface area (Å²) in [6, 6.07) is 6.32. The second kappa shape index (κ2) is 6.59. The van der Waals surface area contributed by atoms with Crippen LogP contribution >= 0.6 is 11.3 Å². The SMILES string of the molecule is Cc1sc(-n2c(C)ccc2C)c(C(=O)N(C)C[C@H](C)C#N)c1C. The topological polar surface area (TPSA) is 49.0 Å². The average molecular weight is 329 g/mol. The number of nitrogens with zero attached hydrogens (tertiary/aromatic N) is 3. The van der Waals surface area contributed by atoms with E-state index in [9.17, 15) is 4.79 Å². The zero-order valence-electron chi connectivity index (χ0n) is 14.6. The summed E-state index contributed by atoms with van der Waals surface area (Å²) in [6.07, 6.45) is 0. The first kappa shape index (κ1) is 17.3. The fourth-order valence-electron chi connectivity index (χ4n) is 2.73. The molecule has 1 amide bonds. The van der Waals surface area contributed by atoms with Gasteiger partial charge < -0.3 is 9.47 Å². The molecule has 5 heteroatoms. The molecule has 2 heterocycles. The smallest absolute Gasteiger partial charge is 0.256 e. The maximum Gasteiger partial charge on any atom is 0.256 e. The zero-order valence-corrected chi connectivity index (χ0v) is 15.4. The van der Waals surface area contributed by atoms with Crippen LogP contribution in [0.15, 0.2) is 12.1 Å². The summed E-state index contributed by atoms with van der Waals surface area (Å²) in [5.41, 5.74) is 4.01. The molecule has 0 aliphatic rings. The molecule has 122 valence electrons. The van der Waals surface area contributed by atoms with Crippen molar-refractivity contribution in [2.75, 3.05) is 13.6 Å². The lowest BCUT2D eigenvalue weighted by molar-refractivity contribution is 0.0785. The van der Waals surface area contributed by atoms with E-state index in [0.29, 0.717) is 6.54 Å². The Balaban J connectivity index is 2.51. The van der Waals surface area contributed by atoms with Gasteiger partial charge in [0.05, 0.1) is 17.6 Å². The highest BCUT2D eigenvalue weighted by Gasteiger charge is 2.25. The second-order valence-electron chi connectivity index (χ2n) is 6.13. The van der Waals surface area contributed by atoms with E-state index >= 15 is 0 Å². The molecule has 0 unspecified atom stereocenters. The van der Waals surface area contributed by atoms with Crippen molar-refractivity contribution in [3.8, 4) is 11.1 Å². The Hall–Kier alpha value is -2.06. The van der Waals surface area contributed by atoms with Crippen LogP contribution in [-0.4, -0.2) is 29.0 Å². The molecular weight excluding hydrogens is 306 g/mol. The van der Waals surface area contributed by atoms with Crippen LogP contribution in [-0.2, 0) is 0 Å². The summed E-state index contributed by atoms with van der Waals surface area (Å²) in [6.45, 7) is 10.4. The second-order valence-corrected chi connectivity index (χ2v) is 7.33. The minimum Gasteiger partial charge on any atom is -0.340 e. The predicted octanol–water partition coefficient (Wildman–Crippen LogP) is 4.00. The molecule has 0 N–H and O–H groups in total. The van der Waals surface area contributed by atoms with E-state index in [4.69, 9.17) is 5.26 Å². The highest BCUT2D eigenvalue weighted by molar-refractivity contribution is 7.15. The molecular formula is C18H23N3OS. The van der Waals surface area contributed by atoms with Crippen molar-refractivity contribution < 1.29 is 4.79 Å². The lowest BCUT2D eigenvalue weighted by Gasteiger charge is -2.20. The molecule has 0 aliphatic heterocycles. The summed E-state index contributed by atoms with van der Waals surface area (Å²) in [5.74, 6) is -0.195. The summed E-state index contributed by atoms with van der Waals surface area (Å²) >= 11 is 1.65. The molecule has 0 radical (unpaired) electrons. The number of rotatable bonds is 4. The van der Waals surface area contributed by atoms with Gasteiger partial charge in [-0.05, 0) is 52.3 Å². The average Bonchev–Trinajstić information content (AvgIpc) is 2.98. The standard InChI is InChI=1S/C18H23N3OS/c1-11(9-19)10-20(6)17(22)16-14(4)15(5)23-18(16)21-12(2)7-8-13(21)3/h7-8,11H,10H2,1-6H3/t11-/m1/s1. The van der Waals surface area contributed by atoms with Crippen molar-refractivity contribution >= 4 is 17.2 Å².